The smallest absolute Gasteiger partial charge is 0.271 e. The zero-order valence-corrected chi connectivity index (χ0v) is 13.9. The van der Waals surface area contributed by atoms with E-state index in [-0.39, 0.29) is 5.91 Å². The molecule has 0 saturated heterocycles. The molecule has 2 rings (SSSR count). The highest BCUT2D eigenvalue weighted by atomic mass is 32.1. The summed E-state index contributed by atoms with van der Waals surface area (Å²) in [6.07, 6.45) is 1.01. The van der Waals surface area contributed by atoms with Crippen molar-refractivity contribution >= 4 is 23.0 Å². The molecule has 0 fully saturated rings. The van der Waals surface area contributed by atoms with Gasteiger partial charge in [0.25, 0.3) is 5.91 Å². The number of aryl methyl sites for hydroxylation is 1. The van der Waals surface area contributed by atoms with Crippen LogP contribution >= 0.6 is 11.3 Å². The van der Waals surface area contributed by atoms with E-state index in [2.05, 4.69) is 23.5 Å². The summed E-state index contributed by atoms with van der Waals surface area (Å²) in [6, 6.07) is 11.1. The van der Waals surface area contributed by atoms with Crippen LogP contribution in [0.1, 0.15) is 40.9 Å². The number of hydrogen-bond donors (Lipinski definition) is 1. The SMILES string of the molecule is CCOc1ccc(C(=O)N/N=C(\C)c2ccc(CC)s2)cc1. The minimum absolute atomic E-state index is 0.227. The van der Waals surface area contributed by atoms with Gasteiger partial charge in [-0.3, -0.25) is 4.79 Å². The third-order valence-electron chi connectivity index (χ3n) is 3.12. The average molecular weight is 316 g/mol. The van der Waals surface area contributed by atoms with Crippen LogP contribution in [0.3, 0.4) is 0 Å². The van der Waals surface area contributed by atoms with Crippen LogP contribution in [0.15, 0.2) is 41.5 Å². The molecular weight excluding hydrogens is 296 g/mol. The number of carbonyl (C=O) groups is 1. The molecule has 1 heterocycles. The number of hydrogen-bond acceptors (Lipinski definition) is 4. The van der Waals surface area contributed by atoms with E-state index in [0.717, 1.165) is 22.8 Å². The van der Waals surface area contributed by atoms with Crippen molar-refractivity contribution in [3.8, 4) is 5.75 Å². The van der Waals surface area contributed by atoms with Gasteiger partial charge in [0.05, 0.1) is 17.2 Å². The van der Waals surface area contributed by atoms with E-state index in [1.807, 2.05) is 19.9 Å². The molecule has 0 saturated carbocycles. The predicted octanol–water partition coefficient (Wildman–Crippen LogP) is 3.86. The van der Waals surface area contributed by atoms with Crippen molar-refractivity contribution in [1.82, 2.24) is 5.43 Å². The molecule has 1 N–H and O–H groups in total. The summed E-state index contributed by atoms with van der Waals surface area (Å²) in [5.41, 5.74) is 3.96. The Morgan fingerprint density at radius 1 is 1.18 bits per heavy atom. The minimum Gasteiger partial charge on any atom is -0.494 e. The van der Waals surface area contributed by atoms with E-state index >= 15 is 0 Å². The first-order valence-corrected chi connectivity index (χ1v) is 8.12. The van der Waals surface area contributed by atoms with Crippen molar-refractivity contribution in [2.24, 2.45) is 5.10 Å². The molecule has 0 aliphatic rings. The Kier molecular flexibility index (Phi) is 5.72. The molecule has 0 atom stereocenters. The highest BCUT2D eigenvalue weighted by Gasteiger charge is 2.06. The van der Waals surface area contributed by atoms with Gasteiger partial charge >= 0.3 is 0 Å². The molecule has 2 aromatic rings. The second-order valence-electron chi connectivity index (χ2n) is 4.72. The van der Waals surface area contributed by atoms with Crippen LogP contribution in [0, 0.1) is 0 Å². The topological polar surface area (TPSA) is 50.7 Å². The fraction of sp³-hybridized carbons (Fsp3) is 0.294. The van der Waals surface area contributed by atoms with Crippen LogP contribution in [0.25, 0.3) is 0 Å². The number of benzene rings is 1. The number of nitrogens with zero attached hydrogens (tertiary/aromatic N) is 1. The van der Waals surface area contributed by atoms with E-state index in [9.17, 15) is 4.79 Å². The summed E-state index contributed by atoms with van der Waals surface area (Å²) in [5, 5.41) is 4.17. The molecule has 22 heavy (non-hydrogen) atoms. The number of nitrogens with one attached hydrogen (secondary N) is 1. The molecule has 116 valence electrons. The standard InChI is InChI=1S/C17H20N2O2S/c1-4-15-10-11-16(22-15)12(3)18-19-17(20)13-6-8-14(9-7-13)21-5-2/h6-11H,4-5H2,1-3H3,(H,19,20)/b18-12+. The lowest BCUT2D eigenvalue weighted by molar-refractivity contribution is 0.0955. The zero-order valence-electron chi connectivity index (χ0n) is 13.1. The molecule has 4 nitrogen and oxygen atoms in total. The molecule has 1 amide bonds. The largest absolute Gasteiger partial charge is 0.494 e. The van der Waals surface area contributed by atoms with Crippen LogP contribution < -0.4 is 10.2 Å². The lowest BCUT2D eigenvalue weighted by Gasteiger charge is -2.04. The molecule has 0 aliphatic carbocycles. The first kappa shape index (κ1) is 16.2. The summed E-state index contributed by atoms with van der Waals surface area (Å²) >= 11 is 1.70. The van der Waals surface area contributed by atoms with Crippen LogP contribution in [-0.2, 0) is 6.42 Å². The number of hydrazone groups is 1. The van der Waals surface area contributed by atoms with Crippen molar-refractivity contribution in [1.29, 1.82) is 0 Å². The summed E-state index contributed by atoms with van der Waals surface area (Å²) in [4.78, 5) is 14.4. The lowest BCUT2D eigenvalue weighted by Crippen LogP contribution is -2.19. The molecule has 0 aliphatic heterocycles. The van der Waals surface area contributed by atoms with Gasteiger partial charge in [0, 0.05) is 10.4 Å². The predicted molar refractivity (Wildman–Crippen MR) is 91.0 cm³/mol. The van der Waals surface area contributed by atoms with Gasteiger partial charge in [0.2, 0.25) is 0 Å². The highest BCUT2D eigenvalue weighted by molar-refractivity contribution is 7.14. The highest BCUT2D eigenvalue weighted by Crippen LogP contribution is 2.17. The summed E-state index contributed by atoms with van der Waals surface area (Å²) < 4.78 is 5.35. The summed E-state index contributed by atoms with van der Waals surface area (Å²) in [5.74, 6) is 0.527. The van der Waals surface area contributed by atoms with Crippen LogP contribution in [-0.4, -0.2) is 18.2 Å². The maximum atomic E-state index is 12.1. The molecule has 5 heteroatoms. The van der Waals surface area contributed by atoms with Gasteiger partial charge in [-0.25, -0.2) is 5.43 Å². The van der Waals surface area contributed by atoms with Crippen molar-refractivity contribution in [2.45, 2.75) is 27.2 Å². The molecule has 0 radical (unpaired) electrons. The quantitative estimate of drug-likeness (QED) is 0.650. The van der Waals surface area contributed by atoms with E-state index in [4.69, 9.17) is 4.74 Å². The van der Waals surface area contributed by atoms with Gasteiger partial charge in [-0.05, 0) is 56.7 Å². The number of amides is 1. The number of thiophene rings is 1. The first-order chi connectivity index (χ1) is 10.6. The average Bonchev–Trinajstić information content (AvgIpc) is 3.02. The molecule has 0 unspecified atom stereocenters. The molecule has 1 aromatic heterocycles. The summed E-state index contributed by atoms with van der Waals surface area (Å²) in [6.45, 7) is 6.54. The number of ether oxygens (including phenoxy) is 1. The maximum Gasteiger partial charge on any atom is 0.271 e. The fourth-order valence-electron chi connectivity index (χ4n) is 1.89. The third kappa shape index (κ3) is 4.18. The third-order valence-corrected chi connectivity index (χ3v) is 4.46. The molecule has 1 aromatic carbocycles. The Labute approximate surface area is 134 Å². The minimum atomic E-state index is -0.227. The second-order valence-corrected chi connectivity index (χ2v) is 5.88. The van der Waals surface area contributed by atoms with Gasteiger partial charge in [0.1, 0.15) is 5.75 Å². The van der Waals surface area contributed by atoms with Crippen LogP contribution in [0.4, 0.5) is 0 Å². The number of rotatable bonds is 6. The van der Waals surface area contributed by atoms with Crippen molar-refractivity contribution in [2.75, 3.05) is 6.61 Å². The Morgan fingerprint density at radius 2 is 1.91 bits per heavy atom. The Balaban J connectivity index is 2.00. The van der Waals surface area contributed by atoms with Gasteiger partial charge in [-0.2, -0.15) is 5.10 Å². The van der Waals surface area contributed by atoms with E-state index in [1.165, 1.54) is 4.88 Å². The van der Waals surface area contributed by atoms with E-state index in [0.29, 0.717) is 12.2 Å². The van der Waals surface area contributed by atoms with Gasteiger partial charge in [-0.1, -0.05) is 6.92 Å². The normalized spacial score (nSPS) is 11.3. The lowest BCUT2D eigenvalue weighted by atomic mass is 10.2. The van der Waals surface area contributed by atoms with E-state index in [1.54, 1.807) is 35.6 Å². The second kappa shape index (κ2) is 7.75. The van der Waals surface area contributed by atoms with Crippen LogP contribution in [0.5, 0.6) is 5.75 Å². The molecule has 0 spiro atoms. The Bertz CT molecular complexity index is 660. The van der Waals surface area contributed by atoms with Gasteiger partial charge in [-0.15, -0.1) is 11.3 Å². The first-order valence-electron chi connectivity index (χ1n) is 7.30. The maximum absolute atomic E-state index is 12.1. The van der Waals surface area contributed by atoms with Crippen molar-refractivity contribution in [3.63, 3.8) is 0 Å². The van der Waals surface area contributed by atoms with Crippen LogP contribution in [0.2, 0.25) is 0 Å². The zero-order chi connectivity index (χ0) is 15.9. The number of carbonyl (C=O) groups excluding carboxylic acids is 1. The summed E-state index contributed by atoms with van der Waals surface area (Å²) in [7, 11) is 0. The molecule has 0 bridgehead atoms. The molecular formula is C17H20N2O2S. The van der Waals surface area contributed by atoms with Gasteiger partial charge < -0.3 is 4.74 Å². The van der Waals surface area contributed by atoms with Crippen molar-refractivity contribution < 1.29 is 9.53 Å². The fourth-order valence-corrected chi connectivity index (χ4v) is 2.78. The monoisotopic (exact) mass is 316 g/mol. The van der Waals surface area contributed by atoms with Crippen molar-refractivity contribution in [3.05, 3.63) is 51.7 Å². The van der Waals surface area contributed by atoms with E-state index < -0.39 is 0 Å². The van der Waals surface area contributed by atoms with Gasteiger partial charge in [0.15, 0.2) is 0 Å². The Morgan fingerprint density at radius 3 is 2.50 bits per heavy atom. The Hall–Kier alpha value is -2.14.